The molecule has 1 aliphatic rings. The van der Waals surface area contributed by atoms with Gasteiger partial charge in [0, 0.05) is 63.1 Å². The molecule has 0 bridgehead atoms. The number of amides is 9. The van der Waals surface area contributed by atoms with Crippen LogP contribution in [0.1, 0.15) is 116 Å². The van der Waals surface area contributed by atoms with Crippen LogP contribution in [0, 0.1) is 23.0 Å². The number of unbranched alkanes of at least 4 members (excludes halogenated alkanes) is 3. The van der Waals surface area contributed by atoms with Crippen molar-refractivity contribution in [1.29, 1.82) is 0 Å². The highest BCUT2D eigenvalue weighted by molar-refractivity contribution is 6.12. The molecule has 1 aliphatic heterocycles. The second-order valence-electron chi connectivity index (χ2n) is 21.4. The summed E-state index contributed by atoms with van der Waals surface area (Å²) in [5, 5.41) is 40.3. The molecule has 2 heterocycles. The van der Waals surface area contributed by atoms with Gasteiger partial charge in [-0.25, -0.2) is 28.1 Å². The number of hydrogen-bond acceptors (Lipinski definition) is 13. The Morgan fingerprint density at radius 3 is 1.94 bits per heavy atom. The lowest BCUT2D eigenvalue weighted by Gasteiger charge is -2.40. The molecule has 4 rings (SSSR count). The summed E-state index contributed by atoms with van der Waals surface area (Å²) in [6, 6.07) is 5.67. The first-order chi connectivity index (χ1) is 39.8. The Morgan fingerprint density at radius 2 is 1.36 bits per heavy atom. The number of alkyl halides is 3. The number of benzene rings is 2. The van der Waals surface area contributed by atoms with Crippen molar-refractivity contribution < 1.29 is 85.2 Å². The molecule has 0 unspecified atom stereocenters. The molecule has 29 heteroatoms. The zero-order valence-electron chi connectivity index (χ0n) is 47.9. The number of carbonyl (C=O) groups excluding carboxylic acids is 8. The number of hydrogen-bond donors (Lipinski definition) is 10. The molecule has 0 saturated carbocycles. The van der Waals surface area contributed by atoms with Crippen LogP contribution in [0.15, 0.2) is 66.9 Å². The molecule has 0 radical (unpaired) electrons. The number of nitrogens with one attached hydrogen (secondary N) is 5. The van der Waals surface area contributed by atoms with E-state index in [4.69, 9.17) is 26.4 Å². The molecule has 12 N–H and O–H groups in total. The summed E-state index contributed by atoms with van der Waals surface area (Å²) in [4.78, 5) is 131. The number of imidazole rings is 1. The Labute approximate surface area is 487 Å². The van der Waals surface area contributed by atoms with Gasteiger partial charge in [0.05, 0.1) is 17.8 Å². The number of imide groups is 1. The zero-order chi connectivity index (χ0) is 63.8. The van der Waals surface area contributed by atoms with E-state index >= 15 is 4.39 Å². The van der Waals surface area contributed by atoms with E-state index in [1.807, 2.05) is 51.1 Å². The summed E-state index contributed by atoms with van der Waals surface area (Å²) in [6.45, 7) is 8.45. The maximum Gasteiger partial charge on any atom is 0.490 e. The van der Waals surface area contributed by atoms with Gasteiger partial charge in [0.2, 0.25) is 29.5 Å². The van der Waals surface area contributed by atoms with E-state index in [1.165, 1.54) is 17.1 Å². The fourth-order valence-electron chi connectivity index (χ4n) is 8.83. The van der Waals surface area contributed by atoms with Gasteiger partial charge in [-0.1, -0.05) is 71.4 Å². The molecule has 9 amide bonds. The van der Waals surface area contributed by atoms with Crippen LogP contribution in [0.2, 0.25) is 0 Å². The number of rotatable bonds is 32. The van der Waals surface area contributed by atoms with Crippen LogP contribution in [0.25, 0.3) is 11.3 Å². The largest absolute Gasteiger partial charge is 0.490 e. The van der Waals surface area contributed by atoms with E-state index in [-0.39, 0.29) is 88.9 Å². The number of carboxylic acids is 2. The molecule has 0 spiro atoms. The lowest BCUT2D eigenvalue weighted by atomic mass is 9.84. The molecule has 3 aromatic rings. The second kappa shape index (κ2) is 33.8. The number of aromatic nitrogens is 2. The molecular weight excluding hydrogens is 1130 g/mol. The quantitative estimate of drug-likeness (QED) is 0.0243. The van der Waals surface area contributed by atoms with E-state index in [0.717, 1.165) is 28.7 Å². The number of nitrogens with zero attached hydrogens (tertiary/aromatic N) is 4. The molecule has 0 saturated heterocycles. The highest BCUT2D eigenvalue weighted by Crippen LogP contribution is 2.40. The third kappa shape index (κ3) is 23.7. The Hall–Kier alpha value is -8.34. The first kappa shape index (κ1) is 70.9. The van der Waals surface area contributed by atoms with Crippen molar-refractivity contribution in [3.63, 3.8) is 0 Å². The van der Waals surface area contributed by atoms with Crippen LogP contribution in [0.5, 0.6) is 0 Å². The van der Waals surface area contributed by atoms with Crippen LogP contribution < -0.4 is 38.1 Å². The van der Waals surface area contributed by atoms with Crippen LogP contribution in [0.3, 0.4) is 0 Å². The van der Waals surface area contributed by atoms with Crippen LogP contribution >= 0.6 is 0 Å². The molecule has 468 valence electrons. The minimum Gasteiger partial charge on any atom is -0.480 e. The molecule has 0 aliphatic carbocycles. The lowest BCUT2D eigenvalue weighted by Crippen LogP contribution is -2.57. The summed E-state index contributed by atoms with van der Waals surface area (Å²) in [7, 11) is 0. The highest BCUT2D eigenvalue weighted by Gasteiger charge is 2.40. The molecule has 2 aromatic carbocycles. The van der Waals surface area contributed by atoms with Gasteiger partial charge in [0.25, 0.3) is 11.8 Å². The average Bonchev–Trinajstić information content (AvgIpc) is 2.04. The van der Waals surface area contributed by atoms with Gasteiger partial charge in [-0.15, -0.1) is 0 Å². The van der Waals surface area contributed by atoms with Gasteiger partial charge in [-0.2, -0.15) is 13.2 Å². The maximum absolute atomic E-state index is 15.1. The molecule has 1 aromatic heterocycles. The summed E-state index contributed by atoms with van der Waals surface area (Å²) >= 11 is 0. The minimum atomic E-state index is -5.08. The molecule has 0 fully saturated rings. The summed E-state index contributed by atoms with van der Waals surface area (Å²) < 4.78 is 63.0. The molecular formula is C56H76F5N11O13. The van der Waals surface area contributed by atoms with Crippen molar-refractivity contribution in [3.8, 4) is 11.3 Å². The Balaban J connectivity index is 0.00000253. The highest BCUT2D eigenvalue weighted by atomic mass is 19.4. The normalized spacial score (nSPS) is 14.1. The minimum absolute atomic E-state index is 0.0366. The number of urea groups is 1. The smallest absolute Gasteiger partial charge is 0.480 e. The average molecular weight is 1210 g/mol. The number of aliphatic hydroxyl groups is 1. The predicted molar refractivity (Wildman–Crippen MR) is 297 cm³/mol. The van der Waals surface area contributed by atoms with E-state index < -0.39 is 125 Å². The second-order valence-corrected chi connectivity index (χ2v) is 21.4. The standard InChI is InChI=1S/C54H75F2N11O11.C2HF3O2/c1-33(2)46(64-42(69)19-10-7-13-27-66-43(70)22-23-44(66)71)51(75)62-39(18-14-26-60-53(58)78)50(74)63-40(52(76)77)17-11-12-25-59-49(73)38(57)24-28-67(45(72)32-68)47(54(3,4)5)48-61-41(36-29-35(55)20-21-37(36)56)31-65(48)30-34-15-8-6-9-16-34;3-2(4,5)1(6)7/h6,8-9,15-16,20-23,29,31,33,38-40,46-47,68H,7,10-14,17-19,24-28,30,32,57H2,1-5H3,(H,59,73)(H,62,75)(H,63,74)(H,64,69)(H,76,77)(H3,58,60,78);(H,6,7)/t38-,39-,40+,46-,47-;/m0./s1. The van der Waals surface area contributed by atoms with Gasteiger partial charge in [-0.3, -0.25) is 38.5 Å². The monoisotopic (exact) mass is 1210 g/mol. The van der Waals surface area contributed by atoms with Crippen molar-refractivity contribution >= 4 is 59.3 Å². The Bertz CT molecular complexity index is 2810. The van der Waals surface area contributed by atoms with Crippen molar-refractivity contribution in [2.75, 3.05) is 32.8 Å². The fourth-order valence-corrected chi connectivity index (χ4v) is 8.83. The fraction of sp³-hybridized carbons (Fsp3) is 0.518. The first-order valence-corrected chi connectivity index (χ1v) is 27.4. The number of carboxylic acid groups (broad SMARTS) is 2. The zero-order valence-corrected chi connectivity index (χ0v) is 47.9. The number of halogens is 5. The Morgan fingerprint density at radius 1 is 0.753 bits per heavy atom. The van der Waals surface area contributed by atoms with Crippen molar-refractivity contribution in [3.05, 3.63) is 89.9 Å². The van der Waals surface area contributed by atoms with Crippen molar-refractivity contribution in [2.24, 2.45) is 22.8 Å². The van der Waals surface area contributed by atoms with Gasteiger partial charge >= 0.3 is 24.1 Å². The van der Waals surface area contributed by atoms with Crippen LogP contribution in [-0.2, 0) is 49.7 Å². The van der Waals surface area contributed by atoms with Gasteiger partial charge in [0.15, 0.2) is 0 Å². The van der Waals surface area contributed by atoms with Gasteiger partial charge in [-0.05, 0) is 86.5 Å². The van der Waals surface area contributed by atoms with Crippen molar-refractivity contribution in [2.45, 2.75) is 142 Å². The topological polar surface area (TPSA) is 368 Å². The molecule has 24 nitrogen and oxygen atoms in total. The number of primary amides is 1. The number of aliphatic carboxylic acids is 2. The molecule has 5 atom stereocenters. The third-order valence-electron chi connectivity index (χ3n) is 13.2. The number of nitrogens with two attached hydrogens (primary N) is 2. The van der Waals surface area contributed by atoms with E-state index in [0.29, 0.717) is 25.1 Å². The van der Waals surface area contributed by atoms with Gasteiger partial charge < -0.3 is 62.8 Å². The summed E-state index contributed by atoms with van der Waals surface area (Å²) in [5.41, 5.74) is 11.6. The Kier molecular flexibility index (Phi) is 28.2. The number of aliphatic hydroxyl groups excluding tert-OH is 1. The van der Waals surface area contributed by atoms with Crippen LogP contribution in [-0.4, -0.2) is 157 Å². The summed E-state index contributed by atoms with van der Waals surface area (Å²) in [6.07, 6.45) is 0.719. The lowest BCUT2D eigenvalue weighted by molar-refractivity contribution is -0.192. The van der Waals surface area contributed by atoms with Crippen LogP contribution in [0.4, 0.5) is 26.7 Å². The summed E-state index contributed by atoms with van der Waals surface area (Å²) in [5.74, 6) is -9.69. The van der Waals surface area contributed by atoms with Crippen molar-refractivity contribution in [1.82, 2.24) is 45.9 Å². The first-order valence-electron chi connectivity index (χ1n) is 27.4. The number of carbonyl (C=O) groups is 10. The predicted octanol–water partition coefficient (Wildman–Crippen LogP) is 3.55. The SMILES string of the molecule is CC(C)[C@H](NC(=O)CCCCCN1C(=O)C=CC1=O)C(=O)N[C@@H](CCCNC(N)=O)C(=O)N[C@H](CCCCNC(=O)[C@@H](N)CCN(C(=O)CO)[C@@H](c1nc(-c2cc(F)ccc2F)cn1Cc1ccccc1)C(C)(C)C)C(=O)O.O=C(O)C(F)(F)F. The van der Waals surface area contributed by atoms with E-state index in [1.54, 1.807) is 24.6 Å². The van der Waals surface area contributed by atoms with Gasteiger partial charge in [0.1, 0.15) is 42.2 Å². The molecule has 85 heavy (non-hydrogen) atoms. The van der Waals surface area contributed by atoms with E-state index in [9.17, 15) is 70.9 Å². The van der Waals surface area contributed by atoms with E-state index in [2.05, 4.69) is 26.6 Å². The maximum atomic E-state index is 15.1. The third-order valence-corrected chi connectivity index (χ3v) is 13.2.